The Morgan fingerprint density at radius 3 is 0.862 bits per heavy atom. The first kappa shape index (κ1) is 33.6. The van der Waals surface area contributed by atoms with Gasteiger partial charge in [-0.1, -0.05) is 177 Å². The summed E-state index contributed by atoms with van der Waals surface area (Å²) in [6.45, 7) is 17.8. The van der Waals surface area contributed by atoms with Crippen molar-refractivity contribution in [3.8, 4) is 0 Å². The highest BCUT2D eigenvalue weighted by Gasteiger charge is 2.04. The van der Waals surface area contributed by atoms with Crippen LogP contribution < -0.4 is 0 Å². The molecule has 0 fully saturated rings. The molecule has 2 atom stereocenters. The predicted molar refractivity (Wildman–Crippen MR) is 140 cm³/mol. The monoisotopic (exact) mass is 413 g/mol. The van der Waals surface area contributed by atoms with E-state index in [2.05, 4.69) is 41.5 Å². The maximum absolute atomic E-state index is 2.48. The normalized spacial score (nSPS) is 12.4. The van der Waals surface area contributed by atoms with Gasteiger partial charge in [0, 0.05) is 0 Å². The van der Waals surface area contributed by atoms with Crippen LogP contribution in [0.2, 0.25) is 0 Å². The van der Waals surface area contributed by atoms with Crippen LogP contribution in [0.4, 0.5) is 0 Å². The van der Waals surface area contributed by atoms with Crippen molar-refractivity contribution >= 4 is 0 Å². The minimum atomic E-state index is 0.965. The standard InChI is InChI=1S/C24H50.C3H8.C2H6/c1-5-7-9-11-13-16-20-24(4)22-18-14-17-21-23(3)19-15-12-10-8-6-2;1-3-2;1-2/h23-24H,5-22H2,1-4H3;3H2,1-2H3;1-2H3. The quantitative estimate of drug-likeness (QED) is 0.185. The molecule has 0 spiro atoms. The lowest BCUT2D eigenvalue weighted by molar-refractivity contribution is 0.408. The molecule has 0 amide bonds. The Labute approximate surface area is 189 Å². The third-order valence-electron chi connectivity index (χ3n) is 5.74. The van der Waals surface area contributed by atoms with Crippen molar-refractivity contribution in [2.45, 2.75) is 177 Å². The van der Waals surface area contributed by atoms with E-state index in [-0.39, 0.29) is 0 Å². The summed E-state index contributed by atoms with van der Waals surface area (Å²) in [6.07, 6.45) is 27.4. The van der Waals surface area contributed by atoms with Crippen LogP contribution in [0, 0.1) is 11.8 Å². The van der Waals surface area contributed by atoms with Gasteiger partial charge in [-0.3, -0.25) is 0 Å². The Balaban J connectivity index is -0.00000123. The molecule has 0 radical (unpaired) electrons. The van der Waals surface area contributed by atoms with Gasteiger partial charge in [0.25, 0.3) is 0 Å². The van der Waals surface area contributed by atoms with Crippen LogP contribution in [0.1, 0.15) is 177 Å². The second kappa shape index (κ2) is 32.7. The van der Waals surface area contributed by atoms with Crippen LogP contribution in [0.5, 0.6) is 0 Å². The van der Waals surface area contributed by atoms with E-state index >= 15 is 0 Å². The number of hydrogen-bond donors (Lipinski definition) is 0. The highest BCUT2D eigenvalue weighted by atomic mass is 14.1. The van der Waals surface area contributed by atoms with Crippen molar-refractivity contribution in [3.63, 3.8) is 0 Å². The van der Waals surface area contributed by atoms with Crippen LogP contribution in [-0.4, -0.2) is 0 Å². The van der Waals surface area contributed by atoms with E-state index in [1.807, 2.05) is 13.8 Å². The lowest BCUT2D eigenvalue weighted by Crippen LogP contribution is -1.97. The lowest BCUT2D eigenvalue weighted by Gasteiger charge is -2.13. The first-order valence-electron chi connectivity index (χ1n) is 14.1. The summed E-state index contributed by atoms with van der Waals surface area (Å²) >= 11 is 0. The van der Waals surface area contributed by atoms with Gasteiger partial charge in [-0.05, 0) is 11.8 Å². The molecule has 0 N–H and O–H groups in total. The molecule has 0 rings (SSSR count). The van der Waals surface area contributed by atoms with E-state index in [9.17, 15) is 0 Å². The van der Waals surface area contributed by atoms with Gasteiger partial charge in [0.05, 0.1) is 0 Å². The van der Waals surface area contributed by atoms with Crippen molar-refractivity contribution in [2.24, 2.45) is 11.8 Å². The van der Waals surface area contributed by atoms with Crippen LogP contribution in [0.25, 0.3) is 0 Å². The Morgan fingerprint density at radius 1 is 0.379 bits per heavy atom. The third kappa shape index (κ3) is 35.8. The number of unbranched alkanes of at least 4 members (excludes halogenated alkanes) is 11. The zero-order chi connectivity index (χ0) is 22.6. The summed E-state index contributed by atoms with van der Waals surface area (Å²) in [7, 11) is 0. The Hall–Kier alpha value is 0. The molecule has 0 aromatic rings. The van der Waals surface area contributed by atoms with E-state index in [1.54, 1.807) is 0 Å². The molecule has 2 unspecified atom stereocenters. The van der Waals surface area contributed by atoms with Crippen molar-refractivity contribution in [1.29, 1.82) is 0 Å². The van der Waals surface area contributed by atoms with Crippen molar-refractivity contribution < 1.29 is 0 Å². The molecule has 0 aromatic heterocycles. The molecule has 29 heavy (non-hydrogen) atoms. The van der Waals surface area contributed by atoms with E-state index in [4.69, 9.17) is 0 Å². The molecule has 0 aliphatic carbocycles. The second-order valence-corrected chi connectivity index (χ2v) is 9.31. The summed E-state index contributed by atoms with van der Waals surface area (Å²) in [4.78, 5) is 0. The summed E-state index contributed by atoms with van der Waals surface area (Å²) < 4.78 is 0. The molecule has 0 heterocycles. The molecule has 0 aromatic carbocycles. The number of hydrogen-bond acceptors (Lipinski definition) is 0. The highest BCUT2D eigenvalue weighted by Crippen LogP contribution is 2.20. The maximum atomic E-state index is 2.48. The molecule has 0 aliphatic heterocycles. The highest BCUT2D eigenvalue weighted by molar-refractivity contribution is 4.58. The predicted octanol–water partition coefficient (Wildman–Crippen LogP) is 11.8. The molecule has 0 saturated heterocycles. The first-order chi connectivity index (χ1) is 14.1. The molecular formula is C29H64. The van der Waals surface area contributed by atoms with Crippen LogP contribution in [0.3, 0.4) is 0 Å². The molecule has 0 nitrogen and oxygen atoms in total. The average Bonchev–Trinajstić information content (AvgIpc) is 2.72. The minimum Gasteiger partial charge on any atom is -0.0683 e. The largest absolute Gasteiger partial charge is 0.0683 e. The van der Waals surface area contributed by atoms with Crippen LogP contribution in [0.15, 0.2) is 0 Å². The van der Waals surface area contributed by atoms with E-state index in [0.717, 1.165) is 11.8 Å². The topological polar surface area (TPSA) is 0 Å². The van der Waals surface area contributed by atoms with Gasteiger partial charge < -0.3 is 0 Å². The fraction of sp³-hybridized carbons (Fsp3) is 1.00. The third-order valence-corrected chi connectivity index (χ3v) is 5.74. The Bertz CT molecular complexity index is 232. The summed E-state index contributed by atoms with van der Waals surface area (Å²) in [5.41, 5.74) is 0. The van der Waals surface area contributed by atoms with Crippen molar-refractivity contribution in [3.05, 3.63) is 0 Å². The van der Waals surface area contributed by atoms with Gasteiger partial charge >= 0.3 is 0 Å². The second-order valence-electron chi connectivity index (χ2n) is 9.31. The zero-order valence-electron chi connectivity index (χ0n) is 22.6. The van der Waals surface area contributed by atoms with Gasteiger partial charge in [-0.15, -0.1) is 0 Å². The molecular weight excluding hydrogens is 348 g/mol. The van der Waals surface area contributed by atoms with Crippen LogP contribution >= 0.6 is 0 Å². The summed E-state index contributed by atoms with van der Waals surface area (Å²) in [6, 6.07) is 0. The Morgan fingerprint density at radius 2 is 0.586 bits per heavy atom. The smallest absolute Gasteiger partial charge is 0.0443 e. The fourth-order valence-corrected chi connectivity index (χ4v) is 3.82. The Kier molecular flexibility index (Phi) is 37.9. The molecule has 0 heteroatoms. The lowest BCUT2D eigenvalue weighted by atomic mass is 9.93. The van der Waals surface area contributed by atoms with Crippen molar-refractivity contribution in [1.82, 2.24) is 0 Å². The summed E-state index contributed by atoms with van der Waals surface area (Å²) in [5, 5.41) is 0. The van der Waals surface area contributed by atoms with E-state index in [0.29, 0.717) is 0 Å². The minimum absolute atomic E-state index is 0.965. The van der Waals surface area contributed by atoms with E-state index in [1.165, 1.54) is 122 Å². The SMILES string of the molecule is CC.CCC.CCCCCCCCC(C)CCCCCC(C)CCCCCCC. The van der Waals surface area contributed by atoms with Gasteiger partial charge in [-0.2, -0.15) is 0 Å². The fourth-order valence-electron chi connectivity index (χ4n) is 3.82. The van der Waals surface area contributed by atoms with Gasteiger partial charge in [0.15, 0.2) is 0 Å². The van der Waals surface area contributed by atoms with Crippen molar-refractivity contribution in [2.75, 3.05) is 0 Å². The number of rotatable bonds is 19. The molecule has 0 bridgehead atoms. The van der Waals surface area contributed by atoms with Gasteiger partial charge in [0.2, 0.25) is 0 Å². The van der Waals surface area contributed by atoms with Gasteiger partial charge in [0.1, 0.15) is 0 Å². The maximum Gasteiger partial charge on any atom is -0.0443 e. The molecule has 180 valence electrons. The summed E-state index contributed by atoms with van der Waals surface area (Å²) in [5.74, 6) is 1.93. The first-order valence-corrected chi connectivity index (χ1v) is 14.1. The average molecular weight is 413 g/mol. The molecule has 0 saturated carbocycles. The van der Waals surface area contributed by atoms with E-state index < -0.39 is 0 Å². The van der Waals surface area contributed by atoms with Gasteiger partial charge in [-0.25, -0.2) is 0 Å². The van der Waals surface area contributed by atoms with Crippen LogP contribution in [-0.2, 0) is 0 Å². The molecule has 0 aliphatic rings. The zero-order valence-corrected chi connectivity index (χ0v) is 22.6.